The average Bonchev–Trinajstić information content (AvgIpc) is 2.83. The number of nitrogens with zero attached hydrogens (tertiary/aromatic N) is 2. The summed E-state index contributed by atoms with van der Waals surface area (Å²) >= 11 is 1.22. The first kappa shape index (κ1) is 11.4. The van der Waals surface area contributed by atoms with Crippen LogP contribution in [0.15, 0.2) is 23.6 Å². The summed E-state index contributed by atoms with van der Waals surface area (Å²) in [4.78, 5) is 0. The predicted octanol–water partition coefficient (Wildman–Crippen LogP) is 1.78. The molecular formula is C12H12N2O3S. The van der Waals surface area contributed by atoms with Gasteiger partial charge < -0.3 is 14.6 Å². The minimum Gasteiger partial charge on any atom is -0.490 e. The average molecular weight is 264 g/mol. The van der Waals surface area contributed by atoms with Gasteiger partial charge in [0.05, 0.1) is 13.2 Å². The van der Waals surface area contributed by atoms with E-state index >= 15 is 0 Å². The summed E-state index contributed by atoms with van der Waals surface area (Å²) in [6.45, 7) is 1.29. The van der Waals surface area contributed by atoms with Crippen LogP contribution in [0.25, 0.3) is 0 Å². The molecule has 0 saturated carbocycles. The first-order valence-electron chi connectivity index (χ1n) is 5.69. The van der Waals surface area contributed by atoms with E-state index < -0.39 is 6.10 Å². The lowest BCUT2D eigenvalue weighted by Crippen LogP contribution is -2.01. The Hall–Kier alpha value is -1.66. The second-order valence-electron chi connectivity index (χ2n) is 3.99. The Morgan fingerprint density at radius 1 is 1.22 bits per heavy atom. The Morgan fingerprint density at radius 3 is 2.83 bits per heavy atom. The quantitative estimate of drug-likeness (QED) is 0.895. The van der Waals surface area contributed by atoms with E-state index in [-0.39, 0.29) is 0 Å². The molecule has 0 saturated heterocycles. The van der Waals surface area contributed by atoms with Crippen LogP contribution < -0.4 is 9.47 Å². The van der Waals surface area contributed by atoms with Crippen LogP contribution in [-0.2, 0) is 0 Å². The van der Waals surface area contributed by atoms with Gasteiger partial charge in [0.25, 0.3) is 0 Å². The van der Waals surface area contributed by atoms with E-state index in [1.807, 2.05) is 12.1 Å². The molecule has 3 rings (SSSR count). The second-order valence-corrected chi connectivity index (χ2v) is 4.60. The van der Waals surface area contributed by atoms with Crippen LogP contribution in [0, 0.1) is 0 Å². The Balaban J connectivity index is 1.92. The molecule has 1 unspecified atom stereocenters. The summed E-state index contributed by atoms with van der Waals surface area (Å²) in [5.74, 6) is 1.40. The van der Waals surface area contributed by atoms with Crippen LogP contribution in [0.4, 0.5) is 0 Å². The molecule has 2 heterocycles. The van der Waals surface area contributed by atoms with Crippen molar-refractivity contribution in [1.29, 1.82) is 0 Å². The molecule has 0 radical (unpaired) electrons. The van der Waals surface area contributed by atoms with Crippen molar-refractivity contribution in [3.63, 3.8) is 0 Å². The topological polar surface area (TPSA) is 64.5 Å². The zero-order valence-corrected chi connectivity index (χ0v) is 10.4. The maximum absolute atomic E-state index is 10.2. The number of aliphatic hydroxyl groups is 1. The maximum atomic E-state index is 10.2. The number of rotatable bonds is 2. The molecule has 1 atom stereocenters. The summed E-state index contributed by atoms with van der Waals surface area (Å²) in [6, 6.07) is 5.43. The van der Waals surface area contributed by atoms with Gasteiger partial charge in [0, 0.05) is 11.8 Å². The first-order valence-corrected chi connectivity index (χ1v) is 6.53. The van der Waals surface area contributed by atoms with E-state index in [2.05, 4.69) is 9.59 Å². The fourth-order valence-electron chi connectivity index (χ4n) is 1.81. The highest BCUT2D eigenvalue weighted by atomic mass is 32.1. The van der Waals surface area contributed by atoms with Gasteiger partial charge in [-0.2, -0.15) is 0 Å². The lowest BCUT2D eigenvalue weighted by Gasteiger charge is -2.12. The third kappa shape index (κ3) is 2.16. The number of fused-ring (bicyclic) bond motifs is 1. The zero-order chi connectivity index (χ0) is 12.4. The lowest BCUT2D eigenvalue weighted by molar-refractivity contribution is 0.214. The fourth-order valence-corrected chi connectivity index (χ4v) is 2.28. The molecule has 1 aromatic heterocycles. The molecule has 1 aliphatic heterocycles. The van der Waals surface area contributed by atoms with Gasteiger partial charge in [-0.15, -0.1) is 5.10 Å². The molecule has 6 heteroatoms. The van der Waals surface area contributed by atoms with Crippen molar-refractivity contribution in [2.75, 3.05) is 13.2 Å². The van der Waals surface area contributed by atoms with Gasteiger partial charge in [0.15, 0.2) is 11.5 Å². The van der Waals surface area contributed by atoms with E-state index in [4.69, 9.17) is 9.47 Å². The zero-order valence-electron chi connectivity index (χ0n) is 9.57. The molecule has 18 heavy (non-hydrogen) atoms. The van der Waals surface area contributed by atoms with Gasteiger partial charge in [0.1, 0.15) is 11.8 Å². The van der Waals surface area contributed by atoms with Crippen molar-refractivity contribution in [3.05, 3.63) is 34.8 Å². The summed E-state index contributed by atoms with van der Waals surface area (Å²) in [5.41, 5.74) is 1.28. The Labute approximate surface area is 108 Å². The molecule has 0 aliphatic carbocycles. The highest BCUT2D eigenvalue weighted by Crippen LogP contribution is 2.33. The number of hydrogen-bond donors (Lipinski definition) is 1. The summed E-state index contributed by atoms with van der Waals surface area (Å²) in [7, 11) is 0. The smallest absolute Gasteiger partial charge is 0.161 e. The molecule has 5 nitrogen and oxygen atoms in total. The normalized spacial score (nSPS) is 16.1. The summed E-state index contributed by atoms with van der Waals surface area (Å²) < 4.78 is 14.9. The van der Waals surface area contributed by atoms with E-state index in [0.29, 0.717) is 24.7 Å². The largest absolute Gasteiger partial charge is 0.490 e. The van der Waals surface area contributed by atoms with E-state index in [0.717, 1.165) is 17.7 Å². The fraction of sp³-hybridized carbons (Fsp3) is 0.333. The number of aromatic nitrogens is 2. The van der Waals surface area contributed by atoms with E-state index in [1.165, 1.54) is 11.5 Å². The minimum absolute atomic E-state index is 0.550. The predicted molar refractivity (Wildman–Crippen MR) is 66.0 cm³/mol. The van der Waals surface area contributed by atoms with Gasteiger partial charge in [-0.3, -0.25) is 0 Å². The van der Waals surface area contributed by atoms with Gasteiger partial charge in [-0.25, -0.2) is 0 Å². The second kappa shape index (κ2) is 4.91. The van der Waals surface area contributed by atoms with Crippen LogP contribution in [0.1, 0.15) is 23.8 Å². The minimum atomic E-state index is -0.777. The number of benzene rings is 1. The van der Waals surface area contributed by atoms with Crippen molar-refractivity contribution >= 4 is 11.5 Å². The van der Waals surface area contributed by atoms with Crippen molar-refractivity contribution in [1.82, 2.24) is 9.59 Å². The number of ether oxygens (including phenoxy) is 2. The molecule has 94 valence electrons. The third-order valence-corrected chi connectivity index (χ3v) is 3.27. The monoisotopic (exact) mass is 264 g/mol. The van der Waals surface area contributed by atoms with Crippen LogP contribution in [0.2, 0.25) is 0 Å². The standard InChI is InChI=1S/C12H12N2O3S/c15-12(9-7-18-14-13-9)8-2-3-10-11(6-8)17-5-1-4-16-10/h2-3,6-7,12,15H,1,4-5H2. The maximum Gasteiger partial charge on any atom is 0.161 e. The van der Waals surface area contributed by atoms with Crippen molar-refractivity contribution in [2.24, 2.45) is 0 Å². The molecule has 1 aromatic carbocycles. The van der Waals surface area contributed by atoms with Gasteiger partial charge in [-0.1, -0.05) is 10.6 Å². The van der Waals surface area contributed by atoms with Crippen molar-refractivity contribution in [2.45, 2.75) is 12.5 Å². The Kier molecular flexibility index (Phi) is 3.12. The van der Waals surface area contributed by atoms with E-state index in [1.54, 1.807) is 11.4 Å². The molecule has 0 spiro atoms. The summed E-state index contributed by atoms with van der Waals surface area (Å²) in [6.07, 6.45) is 0.0867. The molecule has 0 fully saturated rings. The van der Waals surface area contributed by atoms with Crippen LogP contribution >= 0.6 is 11.5 Å². The molecule has 2 aromatic rings. The molecular weight excluding hydrogens is 252 g/mol. The number of aliphatic hydroxyl groups excluding tert-OH is 1. The van der Waals surface area contributed by atoms with Gasteiger partial charge in [-0.05, 0) is 29.2 Å². The highest BCUT2D eigenvalue weighted by Gasteiger charge is 2.17. The number of hydrogen-bond acceptors (Lipinski definition) is 6. The van der Waals surface area contributed by atoms with Crippen LogP contribution in [0.3, 0.4) is 0 Å². The van der Waals surface area contributed by atoms with E-state index in [9.17, 15) is 5.11 Å². The van der Waals surface area contributed by atoms with Gasteiger partial charge >= 0.3 is 0 Å². The molecule has 0 bridgehead atoms. The van der Waals surface area contributed by atoms with Gasteiger partial charge in [0.2, 0.25) is 0 Å². The first-order chi connectivity index (χ1) is 8.84. The lowest BCUT2D eigenvalue weighted by atomic mass is 10.1. The molecule has 0 amide bonds. The molecule has 1 aliphatic rings. The third-order valence-electron chi connectivity index (χ3n) is 2.74. The van der Waals surface area contributed by atoms with Crippen LogP contribution in [0.5, 0.6) is 11.5 Å². The molecule has 1 N–H and O–H groups in total. The highest BCUT2D eigenvalue weighted by molar-refractivity contribution is 7.03. The Morgan fingerprint density at radius 2 is 2.06 bits per heavy atom. The summed E-state index contributed by atoms with van der Waals surface area (Å²) in [5, 5.41) is 15.8. The Bertz CT molecular complexity index is 530. The van der Waals surface area contributed by atoms with Crippen molar-refractivity contribution < 1.29 is 14.6 Å². The van der Waals surface area contributed by atoms with Crippen molar-refractivity contribution in [3.8, 4) is 11.5 Å². The van der Waals surface area contributed by atoms with Crippen LogP contribution in [-0.4, -0.2) is 27.9 Å². The SMILES string of the molecule is OC(c1ccc2c(c1)OCCCO2)c1csnn1.